The molecule has 1 aromatic carbocycles. The standard InChI is InChI=1S/C12H12ClN3O2S/c1-19(17,18)16-12-7-6-11(8-14-12)15-10-4-2-9(13)3-5-10/h2-8,15H,1H3,(H,14,16). The van der Waals surface area contributed by atoms with Crippen molar-refractivity contribution in [3.05, 3.63) is 47.6 Å². The molecule has 0 aliphatic carbocycles. The van der Waals surface area contributed by atoms with Crippen LogP contribution in [0.5, 0.6) is 0 Å². The smallest absolute Gasteiger partial charge is 0.230 e. The Balaban J connectivity index is 2.08. The Morgan fingerprint density at radius 3 is 2.21 bits per heavy atom. The first-order valence-electron chi connectivity index (χ1n) is 5.39. The van der Waals surface area contributed by atoms with Crippen molar-refractivity contribution in [2.24, 2.45) is 0 Å². The second kappa shape index (κ2) is 5.46. The number of pyridine rings is 1. The predicted molar refractivity (Wildman–Crippen MR) is 77.4 cm³/mol. The topological polar surface area (TPSA) is 71.1 Å². The van der Waals surface area contributed by atoms with E-state index in [1.54, 1.807) is 30.5 Å². The van der Waals surface area contributed by atoms with Crippen LogP contribution in [0.4, 0.5) is 17.2 Å². The average molecular weight is 298 g/mol. The largest absolute Gasteiger partial charge is 0.354 e. The molecule has 0 aliphatic heterocycles. The van der Waals surface area contributed by atoms with Gasteiger partial charge in [-0.2, -0.15) is 0 Å². The van der Waals surface area contributed by atoms with E-state index in [1.165, 1.54) is 0 Å². The third-order valence-electron chi connectivity index (χ3n) is 2.19. The number of hydrogen-bond donors (Lipinski definition) is 2. The summed E-state index contributed by atoms with van der Waals surface area (Å²) in [5.74, 6) is 0.282. The van der Waals surface area contributed by atoms with Gasteiger partial charge in [-0.25, -0.2) is 13.4 Å². The molecule has 2 aromatic rings. The third kappa shape index (κ3) is 4.42. The number of nitrogens with one attached hydrogen (secondary N) is 2. The van der Waals surface area contributed by atoms with Crippen LogP contribution in [0.15, 0.2) is 42.6 Å². The van der Waals surface area contributed by atoms with E-state index in [1.807, 2.05) is 12.1 Å². The molecule has 0 saturated carbocycles. The van der Waals surface area contributed by atoms with Gasteiger partial charge in [-0.1, -0.05) is 11.6 Å². The van der Waals surface area contributed by atoms with E-state index in [-0.39, 0.29) is 5.82 Å². The molecule has 0 bridgehead atoms. The maximum Gasteiger partial charge on any atom is 0.230 e. The maximum atomic E-state index is 11.0. The molecule has 0 atom stereocenters. The molecular weight excluding hydrogens is 286 g/mol. The number of halogens is 1. The third-order valence-corrected chi connectivity index (χ3v) is 3.02. The molecule has 0 aliphatic rings. The Hall–Kier alpha value is -1.79. The fourth-order valence-corrected chi connectivity index (χ4v) is 2.04. The summed E-state index contributed by atoms with van der Waals surface area (Å²) < 4.78 is 24.4. The van der Waals surface area contributed by atoms with Gasteiger partial charge in [0.1, 0.15) is 5.82 Å². The number of aromatic nitrogens is 1. The van der Waals surface area contributed by atoms with Crippen molar-refractivity contribution in [3.8, 4) is 0 Å². The van der Waals surface area contributed by atoms with E-state index in [0.29, 0.717) is 5.02 Å². The minimum Gasteiger partial charge on any atom is -0.354 e. The number of benzene rings is 1. The normalized spacial score (nSPS) is 11.1. The summed E-state index contributed by atoms with van der Waals surface area (Å²) in [6.07, 6.45) is 2.62. The molecule has 0 fully saturated rings. The molecule has 0 radical (unpaired) electrons. The second-order valence-corrected chi connectivity index (χ2v) is 6.12. The van der Waals surface area contributed by atoms with Gasteiger partial charge in [0.2, 0.25) is 10.0 Å². The van der Waals surface area contributed by atoms with Gasteiger partial charge in [0, 0.05) is 10.7 Å². The number of sulfonamides is 1. The average Bonchev–Trinajstić information content (AvgIpc) is 2.33. The summed E-state index contributed by atoms with van der Waals surface area (Å²) in [4.78, 5) is 4.00. The first kappa shape index (κ1) is 13.6. The first-order valence-corrected chi connectivity index (χ1v) is 7.66. The lowest BCUT2D eigenvalue weighted by atomic mass is 10.3. The minimum atomic E-state index is -3.30. The highest BCUT2D eigenvalue weighted by Gasteiger charge is 2.02. The van der Waals surface area contributed by atoms with Crippen molar-refractivity contribution in [2.45, 2.75) is 0 Å². The van der Waals surface area contributed by atoms with Gasteiger partial charge in [-0.15, -0.1) is 0 Å². The zero-order chi connectivity index (χ0) is 13.9. The monoisotopic (exact) mass is 297 g/mol. The highest BCUT2D eigenvalue weighted by atomic mass is 35.5. The van der Waals surface area contributed by atoms with E-state index in [4.69, 9.17) is 11.6 Å². The highest BCUT2D eigenvalue weighted by molar-refractivity contribution is 7.92. The molecule has 100 valence electrons. The Morgan fingerprint density at radius 2 is 1.68 bits per heavy atom. The van der Waals surface area contributed by atoms with Crippen LogP contribution in [-0.2, 0) is 10.0 Å². The van der Waals surface area contributed by atoms with Crippen LogP contribution in [0.3, 0.4) is 0 Å². The second-order valence-electron chi connectivity index (χ2n) is 3.94. The Bertz CT molecular complexity index is 654. The van der Waals surface area contributed by atoms with Crippen LogP contribution in [0, 0.1) is 0 Å². The van der Waals surface area contributed by atoms with Gasteiger partial charge < -0.3 is 5.32 Å². The molecule has 0 spiro atoms. The zero-order valence-electron chi connectivity index (χ0n) is 10.1. The summed E-state index contributed by atoms with van der Waals surface area (Å²) in [5.41, 5.74) is 1.62. The van der Waals surface area contributed by atoms with Gasteiger partial charge >= 0.3 is 0 Å². The molecule has 0 unspecified atom stereocenters. The highest BCUT2D eigenvalue weighted by Crippen LogP contribution is 2.19. The van der Waals surface area contributed by atoms with E-state index in [9.17, 15) is 8.42 Å². The molecule has 0 amide bonds. The molecule has 1 aromatic heterocycles. The number of rotatable bonds is 4. The Morgan fingerprint density at radius 1 is 1.05 bits per heavy atom. The van der Waals surface area contributed by atoms with E-state index < -0.39 is 10.0 Å². The van der Waals surface area contributed by atoms with Crippen LogP contribution in [-0.4, -0.2) is 19.7 Å². The van der Waals surface area contributed by atoms with Gasteiger partial charge in [0.25, 0.3) is 0 Å². The SMILES string of the molecule is CS(=O)(=O)Nc1ccc(Nc2ccc(Cl)cc2)cn1. The summed E-state index contributed by atoms with van der Waals surface area (Å²) in [6.45, 7) is 0. The van der Waals surface area contributed by atoms with Crippen molar-refractivity contribution in [2.75, 3.05) is 16.3 Å². The van der Waals surface area contributed by atoms with E-state index in [0.717, 1.165) is 17.6 Å². The van der Waals surface area contributed by atoms with Gasteiger partial charge in [0.15, 0.2) is 0 Å². The zero-order valence-corrected chi connectivity index (χ0v) is 11.7. The van der Waals surface area contributed by atoms with Crippen molar-refractivity contribution < 1.29 is 8.42 Å². The number of nitrogens with zero attached hydrogens (tertiary/aromatic N) is 1. The van der Waals surface area contributed by atoms with E-state index in [2.05, 4.69) is 15.0 Å². The van der Waals surface area contributed by atoms with Crippen molar-refractivity contribution in [1.82, 2.24) is 4.98 Å². The molecule has 2 rings (SSSR count). The van der Waals surface area contributed by atoms with Crippen LogP contribution >= 0.6 is 11.6 Å². The summed E-state index contributed by atoms with van der Waals surface area (Å²) in [7, 11) is -3.30. The van der Waals surface area contributed by atoms with E-state index >= 15 is 0 Å². The molecule has 0 saturated heterocycles. The predicted octanol–water partition coefficient (Wildman–Crippen LogP) is 2.85. The van der Waals surface area contributed by atoms with Crippen LogP contribution < -0.4 is 10.0 Å². The lowest BCUT2D eigenvalue weighted by Gasteiger charge is -2.07. The summed E-state index contributed by atoms with van der Waals surface area (Å²) >= 11 is 5.79. The molecule has 7 heteroatoms. The minimum absolute atomic E-state index is 0.282. The van der Waals surface area contributed by atoms with Crippen molar-refractivity contribution in [3.63, 3.8) is 0 Å². The maximum absolute atomic E-state index is 11.0. The van der Waals surface area contributed by atoms with Gasteiger partial charge in [0.05, 0.1) is 18.1 Å². The molecule has 1 heterocycles. The fraction of sp³-hybridized carbons (Fsp3) is 0.0833. The van der Waals surface area contributed by atoms with Crippen LogP contribution in [0.2, 0.25) is 5.02 Å². The molecule has 19 heavy (non-hydrogen) atoms. The number of hydrogen-bond acceptors (Lipinski definition) is 4. The molecular formula is C12H12ClN3O2S. The lowest BCUT2D eigenvalue weighted by molar-refractivity contribution is 0.606. The van der Waals surface area contributed by atoms with Gasteiger partial charge in [-0.05, 0) is 36.4 Å². The lowest BCUT2D eigenvalue weighted by Crippen LogP contribution is -2.10. The first-order chi connectivity index (χ1) is 8.92. The van der Waals surface area contributed by atoms with Crippen molar-refractivity contribution in [1.29, 1.82) is 0 Å². The molecule has 5 nitrogen and oxygen atoms in total. The Kier molecular flexibility index (Phi) is 3.92. The fourth-order valence-electron chi connectivity index (χ4n) is 1.42. The molecule has 2 N–H and O–H groups in total. The van der Waals surface area contributed by atoms with Gasteiger partial charge in [-0.3, -0.25) is 4.72 Å². The number of anilines is 3. The quantitative estimate of drug-likeness (QED) is 0.910. The van der Waals surface area contributed by atoms with Crippen LogP contribution in [0.1, 0.15) is 0 Å². The Labute approximate surface area is 116 Å². The van der Waals surface area contributed by atoms with Crippen molar-refractivity contribution >= 4 is 38.8 Å². The summed E-state index contributed by atoms with van der Waals surface area (Å²) in [6, 6.07) is 10.5. The van der Waals surface area contributed by atoms with Crippen LogP contribution in [0.25, 0.3) is 0 Å². The summed E-state index contributed by atoms with van der Waals surface area (Å²) in [5, 5.41) is 3.79.